The van der Waals surface area contributed by atoms with Crippen LogP contribution in [0.15, 0.2) is 36.4 Å². The van der Waals surface area contributed by atoms with E-state index in [9.17, 15) is 9.59 Å². The molecule has 5 nitrogen and oxygen atoms in total. The molecule has 0 saturated carbocycles. The lowest BCUT2D eigenvalue weighted by atomic mass is 9.98. The van der Waals surface area contributed by atoms with Gasteiger partial charge in [0.2, 0.25) is 11.8 Å². The van der Waals surface area contributed by atoms with Crippen molar-refractivity contribution in [2.75, 3.05) is 17.3 Å². The monoisotopic (exact) mass is 358 g/mol. The van der Waals surface area contributed by atoms with E-state index in [2.05, 4.69) is 5.32 Å². The lowest BCUT2D eigenvalue weighted by Crippen LogP contribution is -2.35. The number of hydrogen-bond acceptors (Lipinski definition) is 3. The van der Waals surface area contributed by atoms with E-state index < -0.39 is 0 Å². The second-order valence-corrected chi connectivity index (χ2v) is 6.34. The van der Waals surface area contributed by atoms with Gasteiger partial charge in [-0.1, -0.05) is 23.7 Å². The van der Waals surface area contributed by atoms with E-state index in [-0.39, 0.29) is 11.8 Å². The van der Waals surface area contributed by atoms with Crippen molar-refractivity contribution in [3.8, 4) is 5.75 Å². The van der Waals surface area contributed by atoms with E-state index >= 15 is 0 Å². The maximum Gasteiger partial charge on any atom is 0.227 e. The molecular weight excluding hydrogens is 340 g/mol. The molecule has 0 atom stereocenters. The Morgan fingerprint density at radius 3 is 2.56 bits per heavy atom. The number of methoxy groups -OCH3 is 1. The summed E-state index contributed by atoms with van der Waals surface area (Å²) in [6, 6.07) is 11.1. The van der Waals surface area contributed by atoms with Crippen molar-refractivity contribution >= 4 is 34.8 Å². The van der Waals surface area contributed by atoms with Crippen LogP contribution in [-0.4, -0.2) is 18.9 Å². The van der Waals surface area contributed by atoms with Gasteiger partial charge in [-0.25, -0.2) is 0 Å². The predicted octanol–water partition coefficient (Wildman–Crippen LogP) is 3.79. The molecular formula is C19H19ClN2O3. The third-order valence-corrected chi connectivity index (χ3v) is 4.51. The van der Waals surface area contributed by atoms with Gasteiger partial charge in [0.15, 0.2) is 0 Å². The highest BCUT2D eigenvalue weighted by Crippen LogP contribution is 2.40. The number of nitrogens with one attached hydrogen (secondary N) is 1. The first-order valence-corrected chi connectivity index (χ1v) is 8.39. The van der Waals surface area contributed by atoms with Crippen LogP contribution >= 0.6 is 11.6 Å². The fourth-order valence-corrected chi connectivity index (χ4v) is 3.31. The first kappa shape index (κ1) is 17.3. The van der Waals surface area contributed by atoms with Gasteiger partial charge in [0.05, 0.1) is 24.4 Å². The third kappa shape index (κ3) is 3.61. The molecule has 1 N–H and O–H groups in total. The summed E-state index contributed by atoms with van der Waals surface area (Å²) in [4.78, 5) is 25.7. The van der Waals surface area contributed by atoms with Gasteiger partial charge < -0.3 is 15.0 Å². The van der Waals surface area contributed by atoms with Gasteiger partial charge in [-0.15, -0.1) is 0 Å². The molecule has 0 saturated heterocycles. The minimum atomic E-state index is -0.150. The molecule has 1 heterocycles. The Balaban J connectivity index is 1.98. The van der Waals surface area contributed by atoms with Crippen LogP contribution in [0.4, 0.5) is 11.4 Å². The van der Waals surface area contributed by atoms with Crippen LogP contribution in [0.5, 0.6) is 5.75 Å². The van der Waals surface area contributed by atoms with Crippen molar-refractivity contribution in [2.24, 2.45) is 0 Å². The third-order valence-electron chi connectivity index (χ3n) is 4.20. The summed E-state index contributed by atoms with van der Waals surface area (Å²) in [5, 5.41) is 3.33. The van der Waals surface area contributed by atoms with E-state index in [1.165, 1.54) is 6.92 Å². The van der Waals surface area contributed by atoms with Gasteiger partial charge in [-0.2, -0.15) is 0 Å². The predicted molar refractivity (Wildman–Crippen MR) is 98.3 cm³/mol. The van der Waals surface area contributed by atoms with E-state index in [0.717, 1.165) is 16.9 Å². The molecule has 1 aliphatic rings. The molecule has 0 radical (unpaired) electrons. The van der Waals surface area contributed by atoms with Crippen molar-refractivity contribution in [3.05, 3.63) is 52.5 Å². The molecule has 0 aliphatic carbocycles. The minimum Gasteiger partial charge on any atom is -0.497 e. The van der Waals surface area contributed by atoms with E-state index in [0.29, 0.717) is 35.8 Å². The van der Waals surface area contributed by atoms with Crippen LogP contribution in [0.25, 0.3) is 0 Å². The molecule has 2 aromatic carbocycles. The fraction of sp³-hybridized carbons (Fsp3) is 0.263. The maximum absolute atomic E-state index is 12.5. The number of nitrogens with zero attached hydrogens (tertiary/aromatic N) is 1. The standard InChI is InChI=1S/C19H19ClN2O3/c1-12(23)21-17-9-8-16(20)19-15(17)7-10-18(24)22(19)11-13-3-5-14(25-2)6-4-13/h3-6,8-9H,7,10-11H2,1-2H3,(H,21,23). The molecule has 1 aliphatic heterocycles. The van der Waals surface area contributed by atoms with Crippen molar-refractivity contribution in [3.63, 3.8) is 0 Å². The summed E-state index contributed by atoms with van der Waals surface area (Å²) in [6.45, 7) is 1.88. The van der Waals surface area contributed by atoms with Crippen LogP contribution in [0.3, 0.4) is 0 Å². The minimum absolute atomic E-state index is 0.0187. The van der Waals surface area contributed by atoms with E-state index in [1.54, 1.807) is 24.1 Å². The Morgan fingerprint density at radius 1 is 1.20 bits per heavy atom. The quantitative estimate of drug-likeness (QED) is 0.904. The Hall–Kier alpha value is -2.53. The highest BCUT2D eigenvalue weighted by molar-refractivity contribution is 6.34. The first-order chi connectivity index (χ1) is 12.0. The topological polar surface area (TPSA) is 58.6 Å². The highest BCUT2D eigenvalue weighted by atomic mass is 35.5. The number of fused-ring (bicyclic) bond motifs is 1. The maximum atomic E-state index is 12.5. The molecule has 0 unspecified atom stereocenters. The second kappa shape index (κ2) is 7.15. The summed E-state index contributed by atoms with van der Waals surface area (Å²) in [5.74, 6) is 0.633. The van der Waals surface area contributed by atoms with Gasteiger partial charge in [-0.3, -0.25) is 9.59 Å². The summed E-state index contributed by atoms with van der Waals surface area (Å²) in [5.41, 5.74) is 3.26. The van der Waals surface area contributed by atoms with E-state index in [1.807, 2.05) is 24.3 Å². The number of rotatable bonds is 4. The molecule has 0 spiro atoms. The average molecular weight is 359 g/mol. The largest absolute Gasteiger partial charge is 0.497 e. The number of ether oxygens (including phenoxy) is 1. The normalized spacial score (nSPS) is 13.4. The van der Waals surface area contributed by atoms with Crippen LogP contribution in [0.1, 0.15) is 24.5 Å². The second-order valence-electron chi connectivity index (χ2n) is 5.93. The van der Waals surface area contributed by atoms with Gasteiger partial charge in [0.1, 0.15) is 5.75 Å². The van der Waals surface area contributed by atoms with Crippen LogP contribution < -0.4 is 15.0 Å². The van der Waals surface area contributed by atoms with Crippen LogP contribution in [0.2, 0.25) is 5.02 Å². The van der Waals surface area contributed by atoms with Gasteiger partial charge in [0.25, 0.3) is 0 Å². The number of benzene rings is 2. The summed E-state index contributed by atoms with van der Waals surface area (Å²) in [6.07, 6.45) is 0.944. The van der Waals surface area contributed by atoms with Crippen LogP contribution in [0, 0.1) is 0 Å². The lowest BCUT2D eigenvalue weighted by Gasteiger charge is -2.32. The van der Waals surface area contributed by atoms with Crippen LogP contribution in [-0.2, 0) is 22.6 Å². The zero-order chi connectivity index (χ0) is 18.0. The Kier molecular flexibility index (Phi) is 4.95. The molecule has 25 heavy (non-hydrogen) atoms. The number of amides is 2. The molecule has 0 bridgehead atoms. The molecule has 130 valence electrons. The zero-order valence-corrected chi connectivity index (χ0v) is 14.9. The molecule has 2 aromatic rings. The Morgan fingerprint density at radius 2 is 1.92 bits per heavy atom. The van der Waals surface area contributed by atoms with Crippen molar-refractivity contribution < 1.29 is 14.3 Å². The van der Waals surface area contributed by atoms with Crippen molar-refractivity contribution in [1.82, 2.24) is 0 Å². The SMILES string of the molecule is COc1ccc(CN2C(=O)CCc3c(NC(C)=O)ccc(Cl)c32)cc1. The lowest BCUT2D eigenvalue weighted by molar-refractivity contribution is -0.119. The smallest absolute Gasteiger partial charge is 0.227 e. The number of halogens is 1. The fourth-order valence-electron chi connectivity index (χ4n) is 3.03. The van der Waals surface area contributed by atoms with Crippen molar-refractivity contribution in [2.45, 2.75) is 26.3 Å². The molecule has 6 heteroatoms. The Bertz CT molecular complexity index is 818. The summed E-state index contributed by atoms with van der Waals surface area (Å²) >= 11 is 6.40. The van der Waals surface area contributed by atoms with Gasteiger partial charge in [-0.05, 0) is 36.2 Å². The number of carbonyl (C=O) groups is 2. The Labute approximate surface area is 151 Å². The molecule has 2 amide bonds. The zero-order valence-electron chi connectivity index (χ0n) is 14.1. The average Bonchev–Trinajstić information content (AvgIpc) is 2.59. The summed E-state index contributed by atoms with van der Waals surface area (Å²) in [7, 11) is 1.61. The van der Waals surface area contributed by atoms with Gasteiger partial charge in [0, 0.05) is 24.6 Å². The number of hydrogen-bond donors (Lipinski definition) is 1. The van der Waals surface area contributed by atoms with E-state index in [4.69, 9.17) is 16.3 Å². The summed E-state index contributed by atoms with van der Waals surface area (Å²) < 4.78 is 5.17. The number of anilines is 2. The molecule has 3 rings (SSSR count). The highest BCUT2D eigenvalue weighted by Gasteiger charge is 2.28. The van der Waals surface area contributed by atoms with Gasteiger partial charge >= 0.3 is 0 Å². The molecule has 0 aromatic heterocycles. The molecule has 0 fully saturated rings. The van der Waals surface area contributed by atoms with Crippen molar-refractivity contribution in [1.29, 1.82) is 0 Å². The number of carbonyl (C=O) groups excluding carboxylic acids is 2. The first-order valence-electron chi connectivity index (χ1n) is 8.02.